The standard InChI is InChI=1S/C17H18N4O.C17H20N2O.C17H17NO/c18-20-19-11-15(22)12-21-16-7-3-1-5-13(16)9-10-14-6-2-4-8-17(14)21;18-11-15(20)12-19-16-7-3-1-5-13(16)9-10-14-6-2-4-8-17(14)19;1-3-7-16-13(5-1)9-10-14-6-2-4-8-17(14)18(16)11-15-12-19-15/h1-8,15,22H,9-12H2;1-8,15,20H,9-12,18H2;1-8,15H,9-12H2/t3*15-/m001/s1. The zero-order valence-electron chi connectivity index (χ0n) is 34.6. The molecule has 3 atom stereocenters. The van der Waals surface area contributed by atoms with Crippen molar-refractivity contribution in [2.24, 2.45) is 10.8 Å². The van der Waals surface area contributed by atoms with Crippen LogP contribution in [0.1, 0.15) is 33.4 Å². The molecule has 1 saturated heterocycles. The number of aryl methyl sites for hydroxylation is 6. The zero-order chi connectivity index (χ0) is 42.0. The number of nitrogens with two attached hydrogens (primary N) is 1. The lowest BCUT2D eigenvalue weighted by Crippen LogP contribution is -2.34. The molecular formula is C51H55N7O3. The normalized spacial score (nSPS) is 16.5. The maximum Gasteiger partial charge on any atom is 0.0988 e. The smallest absolute Gasteiger partial charge is 0.0988 e. The summed E-state index contributed by atoms with van der Waals surface area (Å²) in [6, 6.07) is 50.9. The van der Waals surface area contributed by atoms with Crippen LogP contribution in [0.4, 0.5) is 34.1 Å². The highest BCUT2D eigenvalue weighted by Gasteiger charge is 2.29. The van der Waals surface area contributed by atoms with Crippen LogP contribution in [-0.2, 0) is 43.3 Å². The van der Waals surface area contributed by atoms with E-state index in [-0.39, 0.29) is 13.1 Å². The minimum Gasteiger partial charge on any atom is -0.391 e. The van der Waals surface area contributed by atoms with E-state index in [1.54, 1.807) is 0 Å². The van der Waals surface area contributed by atoms with Crippen molar-refractivity contribution in [3.63, 3.8) is 0 Å². The van der Waals surface area contributed by atoms with Crippen LogP contribution in [0.3, 0.4) is 0 Å². The van der Waals surface area contributed by atoms with E-state index in [9.17, 15) is 10.2 Å². The number of para-hydroxylation sites is 6. The zero-order valence-corrected chi connectivity index (χ0v) is 34.6. The van der Waals surface area contributed by atoms with Gasteiger partial charge in [-0.2, -0.15) is 0 Å². The predicted molar refractivity (Wildman–Crippen MR) is 247 cm³/mol. The summed E-state index contributed by atoms with van der Waals surface area (Å²) in [7, 11) is 0. The van der Waals surface area contributed by atoms with E-state index in [4.69, 9.17) is 16.0 Å². The molecule has 0 amide bonds. The van der Waals surface area contributed by atoms with Crippen molar-refractivity contribution in [1.29, 1.82) is 0 Å². The van der Waals surface area contributed by atoms with Crippen molar-refractivity contribution in [2.75, 3.05) is 54.0 Å². The molecule has 0 bridgehead atoms. The molecule has 4 aliphatic rings. The van der Waals surface area contributed by atoms with Gasteiger partial charge in [-0.3, -0.25) is 0 Å². The molecule has 312 valence electrons. The lowest BCUT2D eigenvalue weighted by molar-refractivity contribution is 0.190. The molecule has 10 heteroatoms. The fourth-order valence-electron chi connectivity index (χ4n) is 8.76. The van der Waals surface area contributed by atoms with Crippen LogP contribution < -0.4 is 20.4 Å². The number of benzene rings is 6. The van der Waals surface area contributed by atoms with Gasteiger partial charge in [-0.1, -0.05) is 114 Å². The number of fused-ring (bicyclic) bond motifs is 6. The highest BCUT2D eigenvalue weighted by Crippen LogP contribution is 2.39. The Labute approximate surface area is 359 Å². The third kappa shape index (κ3) is 10.1. The minimum atomic E-state index is -0.699. The van der Waals surface area contributed by atoms with Gasteiger partial charge in [0.25, 0.3) is 0 Å². The average Bonchev–Trinajstić information content (AvgIpc) is 4.18. The molecule has 4 N–H and O–H groups in total. The average molecular weight is 814 g/mol. The highest BCUT2D eigenvalue weighted by atomic mass is 16.6. The highest BCUT2D eigenvalue weighted by molar-refractivity contribution is 5.73. The molecule has 10 rings (SSSR count). The van der Waals surface area contributed by atoms with Gasteiger partial charge in [0.15, 0.2) is 0 Å². The van der Waals surface area contributed by atoms with Gasteiger partial charge in [0.05, 0.1) is 44.6 Å². The van der Waals surface area contributed by atoms with Gasteiger partial charge < -0.3 is 35.4 Å². The number of epoxide rings is 1. The van der Waals surface area contributed by atoms with Crippen LogP contribution in [0, 0.1) is 0 Å². The first-order valence-corrected chi connectivity index (χ1v) is 21.5. The topological polar surface area (TPSA) is 137 Å². The quantitative estimate of drug-likeness (QED) is 0.0573. The molecule has 0 aromatic heterocycles. The summed E-state index contributed by atoms with van der Waals surface area (Å²) in [4.78, 5) is 9.50. The monoisotopic (exact) mass is 813 g/mol. The van der Waals surface area contributed by atoms with Gasteiger partial charge in [0.2, 0.25) is 0 Å². The third-order valence-electron chi connectivity index (χ3n) is 11.9. The van der Waals surface area contributed by atoms with E-state index in [2.05, 4.69) is 146 Å². The maximum absolute atomic E-state index is 10.2. The van der Waals surface area contributed by atoms with E-state index < -0.39 is 12.2 Å². The number of ether oxygens (including phenoxy) is 1. The van der Waals surface area contributed by atoms with Crippen molar-refractivity contribution in [1.82, 2.24) is 0 Å². The second-order valence-corrected chi connectivity index (χ2v) is 16.0. The van der Waals surface area contributed by atoms with E-state index >= 15 is 0 Å². The molecule has 61 heavy (non-hydrogen) atoms. The van der Waals surface area contributed by atoms with Crippen LogP contribution in [0.5, 0.6) is 0 Å². The number of aliphatic hydroxyl groups excluding tert-OH is 2. The molecule has 10 nitrogen and oxygen atoms in total. The first kappa shape index (κ1) is 41.6. The van der Waals surface area contributed by atoms with E-state index in [0.717, 1.165) is 63.1 Å². The molecule has 0 spiro atoms. The number of hydrogen-bond acceptors (Lipinski definition) is 8. The Bertz CT molecular complexity index is 2310. The fraction of sp³-hybridized carbons (Fsp3) is 0.294. The minimum absolute atomic E-state index is 0.0807. The lowest BCUT2D eigenvalue weighted by atomic mass is 10.0. The second kappa shape index (κ2) is 20.0. The van der Waals surface area contributed by atoms with Gasteiger partial charge in [-0.25, -0.2) is 0 Å². The summed E-state index contributed by atoms with van der Waals surface area (Å²) in [5.74, 6) is 0. The lowest BCUT2D eigenvalue weighted by Gasteiger charge is -2.28. The summed E-state index contributed by atoms with van der Waals surface area (Å²) >= 11 is 0. The van der Waals surface area contributed by atoms with Crippen LogP contribution in [0.25, 0.3) is 10.4 Å². The SMILES string of the molecule is NC[C@H](O)CN1c2ccccc2CCc2ccccc21.[N-]=[N+]=NC[C@H](O)CN1c2ccccc2CCc2ccccc21.c1ccc2c(c1)CCc1ccccc1N2C[C@@H]1CO1. The Balaban J connectivity index is 0.000000127. The number of β-amino-alcohol motifs (C(OH)–C–C–N with tert-alkyl or cyclic N) is 2. The van der Waals surface area contributed by atoms with E-state index in [1.165, 1.54) is 56.1 Å². The number of azide groups is 1. The Hall–Kier alpha value is -6.13. The fourth-order valence-corrected chi connectivity index (χ4v) is 8.76. The van der Waals surface area contributed by atoms with Crippen molar-refractivity contribution in [2.45, 2.75) is 56.8 Å². The molecule has 0 saturated carbocycles. The van der Waals surface area contributed by atoms with Crippen LogP contribution in [0.15, 0.2) is 151 Å². The van der Waals surface area contributed by atoms with Crippen molar-refractivity contribution < 1.29 is 14.9 Å². The molecule has 6 aromatic carbocycles. The van der Waals surface area contributed by atoms with Gasteiger partial charge >= 0.3 is 0 Å². The summed E-state index contributed by atoms with van der Waals surface area (Å²) in [6.45, 7) is 3.17. The largest absolute Gasteiger partial charge is 0.391 e. The Morgan fingerprint density at radius 3 is 1.11 bits per heavy atom. The number of aliphatic hydroxyl groups is 2. The van der Waals surface area contributed by atoms with Gasteiger partial charge in [0.1, 0.15) is 0 Å². The Kier molecular flexibility index (Phi) is 13.6. The molecule has 4 aliphatic heterocycles. The number of nitrogens with zero attached hydrogens (tertiary/aromatic N) is 6. The first-order chi connectivity index (χ1) is 30.0. The van der Waals surface area contributed by atoms with Crippen molar-refractivity contribution >= 4 is 34.1 Å². The molecule has 1 fully saturated rings. The number of anilines is 6. The van der Waals surface area contributed by atoms with Crippen LogP contribution in [0.2, 0.25) is 0 Å². The van der Waals surface area contributed by atoms with Crippen molar-refractivity contribution in [3.8, 4) is 0 Å². The molecule has 0 unspecified atom stereocenters. The van der Waals surface area contributed by atoms with E-state index in [1.807, 2.05) is 24.3 Å². The summed E-state index contributed by atoms with van der Waals surface area (Å²) in [5, 5.41) is 23.6. The molecule has 0 aliphatic carbocycles. The molecular weight excluding hydrogens is 759 g/mol. The molecule has 6 aromatic rings. The third-order valence-corrected chi connectivity index (χ3v) is 11.9. The predicted octanol–water partition coefficient (Wildman–Crippen LogP) is 9.16. The Morgan fingerprint density at radius 1 is 0.525 bits per heavy atom. The second-order valence-electron chi connectivity index (χ2n) is 16.0. The summed E-state index contributed by atoms with van der Waals surface area (Å²) in [5.41, 5.74) is 29.4. The van der Waals surface area contributed by atoms with Crippen LogP contribution >= 0.6 is 0 Å². The van der Waals surface area contributed by atoms with Crippen molar-refractivity contribution in [3.05, 3.63) is 189 Å². The Morgan fingerprint density at radius 2 is 0.820 bits per heavy atom. The summed E-state index contributed by atoms with van der Waals surface area (Å²) < 4.78 is 5.44. The first-order valence-electron chi connectivity index (χ1n) is 21.5. The summed E-state index contributed by atoms with van der Waals surface area (Å²) in [6.07, 6.45) is 5.45. The van der Waals surface area contributed by atoms with Gasteiger partial charge in [0, 0.05) is 52.1 Å². The number of rotatable bonds is 9. The molecule has 0 radical (unpaired) electrons. The molecule has 4 heterocycles. The van der Waals surface area contributed by atoms with Gasteiger partial charge in [-0.15, -0.1) is 0 Å². The number of hydrogen-bond donors (Lipinski definition) is 3. The van der Waals surface area contributed by atoms with E-state index in [0.29, 0.717) is 19.2 Å². The van der Waals surface area contributed by atoms with Crippen LogP contribution in [-0.4, -0.2) is 67.9 Å². The maximum atomic E-state index is 10.2. The van der Waals surface area contributed by atoms with Gasteiger partial charge in [-0.05, 0) is 114 Å².